The van der Waals surface area contributed by atoms with Crippen LogP contribution in [0, 0.1) is 30.9 Å². The Morgan fingerprint density at radius 3 is 2.20 bits per heavy atom. The molecular formula is C24H26F2N2O12. The second-order valence-corrected chi connectivity index (χ2v) is 9.70. The van der Waals surface area contributed by atoms with Crippen LogP contribution in [-0.4, -0.2) is 71.6 Å². The molecule has 1 fully saturated rings. The van der Waals surface area contributed by atoms with Crippen molar-refractivity contribution in [3.63, 3.8) is 0 Å². The number of hydrogen-bond donors (Lipinski definition) is 8. The minimum absolute atomic E-state index is 0.0225. The monoisotopic (exact) mass is 572 g/mol. The summed E-state index contributed by atoms with van der Waals surface area (Å²) in [6.07, 6.45) is -2.95. The van der Waals surface area contributed by atoms with E-state index in [1.807, 2.05) is 5.32 Å². The van der Waals surface area contributed by atoms with Gasteiger partial charge in [0.2, 0.25) is 11.3 Å². The number of ether oxygens (including phenoxy) is 1. The van der Waals surface area contributed by atoms with Crippen LogP contribution in [0.4, 0.5) is 20.2 Å². The first kappa shape index (κ1) is 29.7. The van der Waals surface area contributed by atoms with E-state index in [1.54, 1.807) is 13.0 Å². The van der Waals surface area contributed by atoms with Crippen LogP contribution in [0.25, 0.3) is 0 Å². The van der Waals surface area contributed by atoms with E-state index in [2.05, 4.69) is 9.78 Å². The minimum atomic E-state index is -4.42. The molecule has 0 aromatic heterocycles. The van der Waals surface area contributed by atoms with Gasteiger partial charge in [-0.3, -0.25) is 9.59 Å². The molecule has 2 amide bonds. The summed E-state index contributed by atoms with van der Waals surface area (Å²) in [5, 5.41) is 71.1. The van der Waals surface area contributed by atoms with Crippen molar-refractivity contribution in [1.29, 1.82) is 0 Å². The van der Waals surface area contributed by atoms with E-state index in [1.165, 1.54) is 32.0 Å². The summed E-state index contributed by atoms with van der Waals surface area (Å²) < 4.78 is 35.1. The second kappa shape index (κ2) is 9.65. The number of rotatable bonds is 6. The Morgan fingerprint density at radius 1 is 1.05 bits per heavy atom. The lowest BCUT2D eigenvalue weighted by atomic mass is 9.76. The summed E-state index contributed by atoms with van der Waals surface area (Å²) in [6.45, 7) is 4.15. The van der Waals surface area contributed by atoms with E-state index in [-0.39, 0.29) is 17.8 Å². The van der Waals surface area contributed by atoms with E-state index in [4.69, 9.17) is 4.74 Å². The lowest BCUT2D eigenvalue weighted by Gasteiger charge is -2.42. The molecule has 2 aromatic rings. The number of nitrogens with one attached hydrogen (secondary N) is 1. The number of fused-ring (bicyclic) bond motifs is 1. The summed E-state index contributed by atoms with van der Waals surface area (Å²) in [5.41, 5.74) is -3.56. The molecular weight excluding hydrogens is 546 g/mol. The zero-order valence-corrected chi connectivity index (χ0v) is 21.2. The highest BCUT2D eigenvalue weighted by Crippen LogP contribution is 2.55. The highest BCUT2D eigenvalue weighted by Gasteiger charge is 2.82. The molecule has 2 aliphatic heterocycles. The van der Waals surface area contributed by atoms with Gasteiger partial charge < -0.3 is 50.7 Å². The molecule has 0 radical (unpaired) electrons. The molecule has 0 saturated carbocycles. The minimum Gasteiger partial charge on any atom is -0.476 e. The summed E-state index contributed by atoms with van der Waals surface area (Å²) in [4.78, 5) is 34.7. The highest BCUT2D eigenvalue weighted by atomic mass is 19.1. The number of carbonyl (C=O) groups is 2. The van der Waals surface area contributed by atoms with Crippen LogP contribution < -0.4 is 15.0 Å². The Hall–Kier alpha value is -3.32. The normalized spacial score (nSPS) is 21.1. The number of benzene rings is 2. The maximum absolute atomic E-state index is 15.7. The quantitative estimate of drug-likeness (QED) is 0.156. The van der Waals surface area contributed by atoms with E-state index < -0.39 is 70.7 Å². The zero-order valence-electron chi connectivity index (χ0n) is 21.2. The SMILES string of the molecule is Cc1cc(F)cc(CN2C(=O)C(C)Oc3c2cc(C)c(NC(=O)CC2(C(O)(O)O)C(O)(O)OOC2(O)O)c3F)c1. The molecule has 2 aromatic carbocycles. The Kier molecular flexibility index (Phi) is 7.16. The lowest BCUT2D eigenvalue weighted by Crippen LogP contribution is -2.69. The van der Waals surface area contributed by atoms with Gasteiger partial charge in [0, 0.05) is 0 Å². The predicted molar refractivity (Wildman–Crippen MR) is 125 cm³/mol. The fourth-order valence-electron chi connectivity index (χ4n) is 4.70. The third-order valence-electron chi connectivity index (χ3n) is 6.69. The molecule has 0 bridgehead atoms. The summed E-state index contributed by atoms with van der Waals surface area (Å²) in [5.74, 6) is -16.9. The van der Waals surface area contributed by atoms with Crippen molar-refractivity contribution in [3.05, 3.63) is 52.6 Å². The maximum Gasteiger partial charge on any atom is 0.329 e. The van der Waals surface area contributed by atoms with E-state index >= 15 is 4.39 Å². The van der Waals surface area contributed by atoms with Crippen LogP contribution in [0.1, 0.15) is 30.0 Å². The first-order chi connectivity index (χ1) is 18.3. The average molecular weight is 572 g/mol. The molecule has 2 aliphatic rings. The molecule has 1 atom stereocenters. The standard InChI is InChI=1S/C24H26F2N2O12/c1-10-4-13(7-14(25)5-10)9-28-15-6-11(2)18(17(26)19(15)38-12(3)20(28)30)27-16(29)8-21(22(31,32)33)23(34,35)39-40-24(21,36)37/h4-7,12,31-37H,8-9H2,1-3H3,(H,27,29). The van der Waals surface area contributed by atoms with Gasteiger partial charge >= 0.3 is 11.9 Å². The number of carbonyl (C=O) groups excluding carboxylic acids is 2. The van der Waals surface area contributed by atoms with E-state index in [0.29, 0.717) is 11.1 Å². The molecule has 16 heteroatoms. The van der Waals surface area contributed by atoms with Crippen LogP contribution in [0.2, 0.25) is 0 Å². The average Bonchev–Trinajstić information content (AvgIpc) is 3.00. The number of aryl methyl sites for hydroxylation is 2. The number of hydrogen-bond acceptors (Lipinski definition) is 12. The Balaban J connectivity index is 1.70. The van der Waals surface area contributed by atoms with Gasteiger partial charge in [0.25, 0.3) is 11.9 Å². The molecule has 1 unspecified atom stereocenters. The molecule has 40 heavy (non-hydrogen) atoms. The molecule has 0 spiro atoms. The van der Waals surface area contributed by atoms with Gasteiger partial charge in [-0.15, -0.1) is 0 Å². The Bertz CT molecular complexity index is 1340. The third kappa shape index (κ3) is 4.68. The van der Waals surface area contributed by atoms with Gasteiger partial charge in [-0.25, -0.2) is 8.78 Å². The smallest absolute Gasteiger partial charge is 0.329 e. The zero-order chi connectivity index (χ0) is 30.0. The Labute approximate surface area is 224 Å². The van der Waals surface area contributed by atoms with Gasteiger partial charge in [0.1, 0.15) is 5.82 Å². The first-order valence-corrected chi connectivity index (χ1v) is 11.6. The predicted octanol–water partition coefficient (Wildman–Crippen LogP) is -0.920. The Morgan fingerprint density at radius 2 is 1.65 bits per heavy atom. The van der Waals surface area contributed by atoms with Crippen molar-refractivity contribution in [1.82, 2.24) is 0 Å². The largest absolute Gasteiger partial charge is 0.476 e. The number of amides is 2. The van der Waals surface area contributed by atoms with Gasteiger partial charge in [0.05, 0.1) is 24.3 Å². The fourth-order valence-corrected chi connectivity index (χ4v) is 4.70. The molecule has 2 heterocycles. The summed E-state index contributed by atoms with van der Waals surface area (Å²) >= 11 is 0. The third-order valence-corrected chi connectivity index (χ3v) is 6.69. The van der Waals surface area contributed by atoms with Crippen LogP contribution in [-0.2, 0) is 25.9 Å². The second-order valence-electron chi connectivity index (χ2n) is 9.70. The van der Waals surface area contributed by atoms with Crippen molar-refractivity contribution in [2.45, 2.75) is 57.8 Å². The van der Waals surface area contributed by atoms with Gasteiger partial charge in [-0.05, 0) is 55.7 Å². The number of anilines is 2. The molecule has 1 saturated heterocycles. The van der Waals surface area contributed by atoms with Crippen LogP contribution in [0.5, 0.6) is 5.75 Å². The maximum atomic E-state index is 15.7. The van der Waals surface area contributed by atoms with Crippen molar-refractivity contribution >= 4 is 23.2 Å². The molecule has 218 valence electrons. The van der Waals surface area contributed by atoms with Crippen LogP contribution in [0.15, 0.2) is 24.3 Å². The van der Waals surface area contributed by atoms with Gasteiger partial charge in [-0.1, -0.05) is 6.07 Å². The first-order valence-electron chi connectivity index (χ1n) is 11.6. The molecule has 8 N–H and O–H groups in total. The number of halogens is 2. The van der Waals surface area contributed by atoms with E-state index in [9.17, 15) is 49.7 Å². The molecule has 4 rings (SSSR count). The van der Waals surface area contributed by atoms with Crippen molar-refractivity contribution < 1.29 is 68.6 Å². The number of aliphatic hydroxyl groups is 7. The van der Waals surface area contributed by atoms with Gasteiger partial charge in [-0.2, -0.15) is 9.78 Å². The summed E-state index contributed by atoms with van der Waals surface area (Å²) in [6, 6.07) is 5.39. The van der Waals surface area contributed by atoms with Crippen molar-refractivity contribution in [2.24, 2.45) is 5.41 Å². The fraction of sp³-hybridized carbons (Fsp3) is 0.417. The number of nitrogens with zero attached hydrogens (tertiary/aromatic N) is 1. The molecule has 0 aliphatic carbocycles. The van der Waals surface area contributed by atoms with Crippen molar-refractivity contribution in [2.75, 3.05) is 10.2 Å². The highest BCUT2D eigenvalue weighted by molar-refractivity contribution is 6.01. The molecule has 14 nitrogen and oxygen atoms in total. The van der Waals surface area contributed by atoms with Crippen molar-refractivity contribution in [3.8, 4) is 5.75 Å². The van der Waals surface area contributed by atoms with Crippen LogP contribution >= 0.6 is 0 Å². The summed E-state index contributed by atoms with van der Waals surface area (Å²) in [7, 11) is 0. The topological polar surface area (TPSA) is 219 Å². The van der Waals surface area contributed by atoms with E-state index in [0.717, 1.165) is 4.90 Å². The lowest BCUT2D eigenvalue weighted by molar-refractivity contribution is -0.497. The van der Waals surface area contributed by atoms with Gasteiger partial charge in [0.15, 0.2) is 17.7 Å². The van der Waals surface area contributed by atoms with Crippen LogP contribution in [0.3, 0.4) is 0 Å².